The van der Waals surface area contributed by atoms with Crippen LogP contribution in [-0.4, -0.2) is 16.3 Å². The highest BCUT2D eigenvalue weighted by Crippen LogP contribution is 2.15. The molecule has 0 radical (unpaired) electrons. The molecule has 0 unspecified atom stereocenters. The molecule has 0 aromatic carbocycles. The Balaban J connectivity index is 2.41. The minimum absolute atomic E-state index is 0.291. The molecule has 0 amide bonds. The lowest BCUT2D eigenvalue weighted by Crippen LogP contribution is -1.81. The van der Waals surface area contributed by atoms with Crippen molar-refractivity contribution in [3.63, 3.8) is 0 Å². The lowest BCUT2D eigenvalue weighted by Gasteiger charge is -1.90. The van der Waals surface area contributed by atoms with Crippen LogP contribution in [0.3, 0.4) is 0 Å². The van der Waals surface area contributed by atoms with Crippen LogP contribution >= 0.6 is 0 Å². The summed E-state index contributed by atoms with van der Waals surface area (Å²) in [5.74, 6) is 0.412. The highest BCUT2D eigenvalue weighted by Gasteiger charge is 2.04. The molecule has 0 aliphatic heterocycles. The normalized spacial score (nSPS) is 9.85. The Bertz CT molecular complexity index is 409. The molecule has 4 heteroatoms. The Labute approximate surface area is 74.2 Å². The van der Waals surface area contributed by atoms with Gasteiger partial charge in [0.1, 0.15) is 12.0 Å². The molecule has 2 aromatic heterocycles. The van der Waals surface area contributed by atoms with Gasteiger partial charge in [0.05, 0.1) is 5.56 Å². The molecule has 0 aliphatic carbocycles. The molecule has 2 heterocycles. The summed E-state index contributed by atoms with van der Waals surface area (Å²) >= 11 is 0. The van der Waals surface area contributed by atoms with Gasteiger partial charge in [0.25, 0.3) is 0 Å². The number of pyridine rings is 1. The summed E-state index contributed by atoms with van der Waals surface area (Å²) < 4.78 is 5.06. The monoisotopic (exact) mass is 174 g/mol. The summed E-state index contributed by atoms with van der Waals surface area (Å²) in [5.41, 5.74) is 1.05. The third kappa shape index (κ3) is 1.46. The van der Waals surface area contributed by atoms with Crippen LogP contribution in [0, 0.1) is 0 Å². The van der Waals surface area contributed by atoms with E-state index in [-0.39, 0.29) is 0 Å². The van der Waals surface area contributed by atoms with E-state index < -0.39 is 0 Å². The molecule has 2 aromatic rings. The SMILES string of the molecule is O=Cc1coc(-c2cccnc2)n1. The second-order valence-electron chi connectivity index (χ2n) is 2.44. The largest absolute Gasteiger partial charge is 0.444 e. The van der Waals surface area contributed by atoms with Gasteiger partial charge in [0, 0.05) is 12.4 Å². The van der Waals surface area contributed by atoms with Crippen LogP contribution in [0.15, 0.2) is 35.2 Å². The molecular formula is C9H6N2O2. The van der Waals surface area contributed by atoms with Crippen LogP contribution in [-0.2, 0) is 0 Å². The van der Waals surface area contributed by atoms with Crippen molar-refractivity contribution in [1.29, 1.82) is 0 Å². The number of oxazole rings is 1. The molecule has 0 saturated carbocycles. The van der Waals surface area contributed by atoms with Crippen LogP contribution in [0.4, 0.5) is 0 Å². The minimum atomic E-state index is 0.291. The fraction of sp³-hybridized carbons (Fsp3) is 0. The number of rotatable bonds is 2. The first-order valence-corrected chi connectivity index (χ1v) is 3.71. The molecule has 0 bridgehead atoms. The van der Waals surface area contributed by atoms with Crippen molar-refractivity contribution in [3.05, 3.63) is 36.5 Å². The second kappa shape index (κ2) is 3.18. The molecule has 0 N–H and O–H groups in total. The van der Waals surface area contributed by atoms with Gasteiger partial charge in [0.15, 0.2) is 6.29 Å². The lowest BCUT2D eigenvalue weighted by molar-refractivity contribution is 0.111. The Morgan fingerprint density at radius 2 is 2.38 bits per heavy atom. The average molecular weight is 174 g/mol. The van der Waals surface area contributed by atoms with Crippen LogP contribution < -0.4 is 0 Å². The molecule has 2 rings (SSSR count). The van der Waals surface area contributed by atoms with E-state index >= 15 is 0 Å². The van der Waals surface area contributed by atoms with Crippen molar-refractivity contribution in [2.75, 3.05) is 0 Å². The Morgan fingerprint density at radius 1 is 1.46 bits per heavy atom. The molecule has 0 spiro atoms. The Kier molecular flexibility index (Phi) is 1.88. The minimum Gasteiger partial charge on any atom is -0.444 e. The van der Waals surface area contributed by atoms with Crippen molar-refractivity contribution >= 4 is 6.29 Å². The number of nitrogens with zero attached hydrogens (tertiary/aromatic N) is 2. The van der Waals surface area contributed by atoms with Crippen LogP contribution in [0.1, 0.15) is 10.5 Å². The van der Waals surface area contributed by atoms with Gasteiger partial charge in [-0.3, -0.25) is 9.78 Å². The van der Waals surface area contributed by atoms with Crippen molar-refractivity contribution < 1.29 is 9.21 Å². The number of hydrogen-bond acceptors (Lipinski definition) is 4. The molecule has 0 saturated heterocycles. The average Bonchev–Trinajstić information content (AvgIpc) is 2.67. The molecule has 0 fully saturated rings. The smallest absolute Gasteiger partial charge is 0.228 e. The first-order chi connectivity index (χ1) is 6.40. The molecule has 13 heavy (non-hydrogen) atoms. The van der Waals surface area contributed by atoms with E-state index in [2.05, 4.69) is 9.97 Å². The van der Waals surface area contributed by atoms with E-state index in [0.717, 1.165) is 5.56 Å². The summed E-state index contributed by atoms with van der Waals surface area (Å²) in [6.45, 7) is 0. The van der Waals surface area contributed by atoms with Gasteiger partial charge in [-0.1, -0.05) is 0 Å². The second-order valence-corrected chi connectivity index (χ2v) is 2.44. The van der Waals surface area contributed by atoms with Crippen molar-refractivity contribution in [2.45, 2.75) is 0 Å². The Morgan fingerprint density at radius 3 is 3.00 bits per heavy atom. The predicted molar refractivity (Wildman–Crippen MR) is 45.1 cm³/mol. The Hall–Kier alpha value is -1.97. The number of aldehydes is 1. The van der Waals surface area contributed by atoms with E-state index in [0.29, 0.717) is 17.9 Å². The van der Waals surface area contributed by atoms with Gasteiger partial charge in [-0.15, -0.1) is 0 Å². The lowest BCUT2D eigenvalue weighted by atomic mass is 10.3. The predicted octanol–water partition coefficient (Wildman–Crippen LogP) is 1.55. The molecular weight excluding hydrogens is 168 g/mol. The highest BCUT2D eigenvalue weighted by molar-refractivity contribution is 5.72. The third-order valence-corrected chi connectivity index (χ3v) is 1.55. The van der Waals surface area contributed by atoms with E-state index in [1.165, 1.54) is 6.26 Å². The maximum absolute atomic E-state index is 10.3. The third-order valence-electron chi connectivity index (χ3n) is 1.55. The van der Waals surface area contributed by atoms with Gasteiger partial charge in [0.2, 0.25) is 5.89 Å². The fourth-order valence-electron chi connectivity index (χ4n) is 0.962. The maximum atomic E-state index is 10.3. The number of carbonyl (C=O) groups is 1. The zero-order chi connectivity index (χ0) is 9.10. The zero-order valence-electron chi connectivity index (χ0n) is 6.68. The van der Waals surface area contributed by atoms with Crippen LogP contribution in [0.5, 0.6) is 0 Å². The van der Waals surface area contributed by atoms with E-state index in [4.69, 9.17) is 4.42 Å². The van der Waals surface area contributed by atoms with Crippen LogP contribution in [0.2, 0.25) is 0 Å². The summed E-state index contributed by atoms with van der Waals surface area (Å²) in [6, 6.07) is 3.59. The van der Waals surface area contributed by atoms with Gasteiger partial charge in [-0.2, -0.15) is 0 Å². The summed E-state index contributed by atoms with van der Waals surface area (Å²) in [7, 11) is 0. The molecule has 0 atom stereocenters. The topological polar surface area (TPSA) is 56.0 Å². The van der Waals surface area contributed by atoms with Gasteiger partial charge >= 0.3 is 0 Å². The number of carbonyl (C=O) groups excluding carboxylic acids is 1. The van der Waals surface area contributed by atoms with Crippen molar-refractivity contribution in [3.8, 4) is 11.5 Å². The first-order valence-electron chi connectivity index (χ1n) is 3.71. The number of aromatic nitrogens is 2. The quantitative estimate of drug-likeness (QED) is 0.648. The standard InChI is InChI=1S/C9H6N2O2/c12-5-8-6-13-9(11-8)7-2-1-3-10-4-7/h1-6H. The van der Waals surface area contributed by atoms with E-state index in [1.807, 2.05) is 6.07 Å². The molecule has 0 aliphatic rings. The van der Waals surface area contributed by atoms with Gasteiger partial charge in [-0.05, 0) is 12.1 Å². The first kappa shape index (κ1) is 7.67. The van der Waals surface area contributed by atoms with Crippen molar-refractivity contribution in [1.82, 2.24) is 9.97 Å². The maximum Gasteiger partial charge on any atom is 0.228 e. The summed E-state index contributed by atoms with van der Waals surface area (Å²) in [5, 5.41) is 0. The molecule has 64 valence electrons. The highest BCUT2D eigenvalue weighted by atomic mass is 16.3. The van der Waals surface area contributed by atoms with E-state index in [9.17, 15) is 4.79 Å². The fourth-order valence-corrected chi connectivity index (χ4v) is 0.962. The summed E-state index contributed by atoms with van der Waals surface area (Å²) in [6.07, 6.45) is 5.24. The van der Waals surface area contributed by atoms with E-state index in [1.54, 1.807) is 18.5 Å². The van der Waals surface area contributed by atoms with Crippen LogP contribution in [0.25, 0.3) is 11.5 Å². The zero-order valence-corrected chi connectivity index (χ0v) is 6.68. The summed E-state index contributed by atoms with van der Waals surface area (Å²) in [4.78, 5) is 18.1. The van der Waals surface area contributed by atoms with Gasteiger partial charge in [-0.25, -0.2) is 4.98 Å². The van der Waals surface area contributed by atoms with Gasteiger partial charge < -0.3 is 4.42 Å². The van der Waals surface area contributed by atoms with Crippen molar-refractivity contribution in [2.24, 2.45) is 0 Å². The molecule has 4 nitrogen and oxygen atoms in total. The number of hydrogen-bond donors (Lipinski definition) is 0.